The molecule has 6 nitrogen and oxygen atoms in total. The normalized spacial score (nSPS) is 12.7. The van der Waals surface area contributed by atoms with Crippen molar-refractivity contribution in [3.63, 3.8) is 0 Å². The van der Waals surface area contributed by atoms with Crippen LogP contribution in [-0.2, 0) is 10.0 Å². The van der Waals surface area contributed by atoms with Crippen molar-refractivity contribution in [3.05, 3.63) is 23.3 Å². The summed E-state index contributed by atoms with van der Waals surface area (Å²) in [4.78, 5) is 10.7. The number of carboxylic acid groups (broad SMARTS) is 1. The summed E-state index contributed by atoms with van der Waals surface area (Å²) in [5.74, 6) is 0.446. The minimum Gasteiger partial charge on any atom is -0.507 e. The van der Waals surface area contributed by atoms with Crippen molar-refractivity contribution in [2.24, 2.45) is 0 Å². The summed E-state index contributed by atoms with van der Waals surface area (Å²) in [5.41, 5.74) is -0.228. The molecule has 0 aliphatic heterocycles. The first-order valence-electron chi connectivity index (χ1n) is 5.71. The fraction of sp³-hybridized carbons (Fsp3) is 0.308. The van der Waals surface area contributed by atoms with Crippen LogP contribution in [0.25, 0.3) is 0 Å². The largest absolute Gasteiger partial charge is 0.507 e. The topological polar surface area (TPSA) is 104 Å². The Bertz CT molecular complexity index is 673. The number of carboxylic acids is 1. The van der Waals surface area contributed by atoms with Gasteiger partial charge in [0.2, 0.25) is 10.0 Å². The zero-order valence-corrected chi connectivity index (χ0v) is 11.9. The molecule has 0 radical (unpaired) electrons. The molecule has 0 amide bonds. The van der Waals surface area contributed by atoms with Gasteiger partial charge in [0.25, 0.3) is 0 Å². The van der Waals surface area contributed by atoms with Crippen molar-refractivity contribution in [2.75, 3.05) is 0 Å². The Hall–Kier alpha value is -2.04. The summed E-state index contributed by atoms with van der Waals surface area (Å²) in [6.07, 6.45) is 5.32. The summed E-state index contributed by atoms with van der Waals surface area (Å²) in [6.45, 7) is 3.07. The molecule has 7 heteroatoms. The number of nitrogens with one attached hydrogen (secondary N) is 1. The van der Waals surface area contributed by atoms with Crippen LogP contribution in [0, 0.1) is 19.3 Å². The molecule has 1 rings (SSSR count). The Morgan fingerprint density at radius 3 is 2.60 bits per heavy atom. The Balaban J connectivity index is 3.29. The molecule has 0 spiro atoms. The predicted octanol–water partition coefficient (Wildman–Crippen LogP) is 1.09. The lowest BCUT2D eigenvalue weighted by Crippen LogP contribution is -2.32. The van der Waals surface area contributed by atoms with Gasteiger partial charge in [0.1, 0.15) is 11.3 Å². The summed E-state index contributed by atoms with van der Waals surface area (Å²) in [5, 5.41) is 18.4. The lowest BCUT2D eigenvalue weighted by molar-refractivity contribution is 0.0693. The third-order valence-corrected chi connectivity index (χ3v) is 4.33. The number of aromatic carboxylic acids is 1. The second-order valence-electron chi connectivity index (χ2n) is 4.37. The molecule has 20 heavy (non-hydrogen) atoms. The molecule has 0 fully saturated rings. The molecule has 0 heterocycles. The number of rotatable bonds is 5. The molecule has 0 saturated carbocycles. The number of hydrogen-bond acceptors (Lipinski definition) is 4. The highest BCUT2D eigenvalue weighted by Crippen LogP contribution is 2.25. The first-order valence-corrected chi connectivity index (χ1v) is 7.20. The van der Waals surface area contributed by atoms with Gasteiger partial charge in [-0.25, -0.2) is 17.9 Å². The molecular weight excluding hydrogens is 282 g/mol. The van der Waals surface area contributed by atoms with Crippen LogP contribution in [0.15, 0.2) is 17.0 Å². The molecule has 1 aromatic carbocycles. The van der Waals surface area contributed by atoms with Gasteiger partial charge in [-0.2, -0.15) is 0 Å². The number of phenols is 1. The Labute approximate surface area is 117 Å². The molecule has 1 unspecified atom stereocenters. The molecule has 0 saturated heterocycles. The van der Waals surface area contributed by atoms with E-state index < -0.39 is 33.3 Å². The maximum atomic E-state index is 12.2. The van der Waals surface area contributed by atoms with E-state index in [2.05, 4.69) is 10.6 Å². The summed E-state index contributed by atoms with van der Waals surface area (Å²) < 4.78 is 26.7. The van der Waals surface area contributed by atoms with Crippen molar-refractivity contribution < 1.29 is 23.4 Å². The van der Waals surface area contributed by atoms with E-state index in [-0.39, 0.29) is 16.9 Å². The van der Waals surface area contributed by atoms with Crippen LogP contribution in [0.2, 0.25) is 0 Å². The number of terminal acetylenes is 1. The predicted molar refractivity (Wildman–Crippen MR) is 73.0 cm³/mol. The monoisotopic (exact) mass is 297 g/mol. The van der Waals surface area contributed by atoms with Crippen LogP contribution in [0.3, 0.4) is 0 Å². The zero-order valence-electron chi connectivity index (χ0n) is 11.0. The third kappa shape index (κ3) is 3.50. The SMILES string of the molecule is C#CCC(C)NS(=O)(=O)c1cc(C(=O)O)c(O)cc1C. The number of carbonyl (C=O) groups is 1. The van der Waals surface area contributed by atoms with Crippen LogP contribution in [0.5, 0.6) is 5.75 Å². The van der Waals surface area contributed by atoms with E-state index in [0.717, 1.165) is 12.1 Å². The van der Waals surface area contributed by atoms with Gasteiger partial charge in [-0.3, -0.25) is 0 Å². The Morgan fingerprint density at radius 2 is 2.10 bits per heavy atom. The Kier molecular flexibility index (Phi) is 4.76. The number of benzene rings is 1. The Morgan fingerprint density at radius 1 is 1.50 bits per heavy atom. The van der Waals surface area contributed by atoms with Gasteiger partial charge in [0.15, 0.2) is 0 Å². The number of hydrogen-bond donors (Lipinski definition) is 3. The molecule has 0 aromatic heterocycles. The minimum absolute atomic E-state index is 0.198. The van der Waals surface area contributed by atoms with Crippen LogP contribution < -0.4 is 4.72 Å². The van der Waals surface area contributed by atoms with E-state index in [4.69, 9.17) is 11.5 Å². The van der Waals surface area contributed by atoms with E-state index in [1.54, 1.807) is 6.92 Å². The van der Waals surface area contributed by atoms with Gasteiger partial charge in [-0.05, 0) is 31.5 Å². The number of sulfonamides is 1. The van der Waals surface area contributed by atoms with Crippen molar-refractivity contribution in [1.29, 1.82) is 0 Å². The lowest BCUT2D eigenvalue weighted by atomic mass is 10.1. The fourth-order valence-corrected chi connectivity index (χ4v) is 3.18. The average molecular weight is 297 g/mol. The highest BCUT2D eigenvalue weighted by molar-refractivity contribution is 7.89. The van der Waals surface area contributed by atoms with E-state index in [1.807, 2.05) is 0 Å². The maximum absolute atomic E-state index is 12.2. The van der Waals surface area contributed by atoms with Gasteiger partial charge in [0, 0.05) is 12.5 Å². The summed E-state index contributed by atoms with van der Waals surface area (Å²) >= 11 is 0. The summed E-state index contributed by atoms with van der Waals surface area (Å²) in [7, 11) is -3.91. The number of aromatic hydroxyl groups is 1. The lowest BCUT2D eigenvalue weighted by Gasteiger charge is -2.14. The molecule has 1 atom stereocenters. The minimum atomic E-state index is -3.91. The molecule has 0 bridgehead atoms. The van der Waals surface area contributed by atoms with E-state index >= 15 is 0 Å². The van der Waals surface area contributed by atoms with Gasteiger partial charge in [0.05, 0.1) is 4.90 Å². The van der Waals surface area contributed by atoms with Crippen LogP contribution in [-0.4, -0.2) is 30.6 Å². The smallest absolute Gasteiger partial charge is 0.339 e. The maximum Gasteiger partial charge on any atom is 0.339 e. The van der Waals surface area contributed by atoms with Gasteiger partial charge < -0.3 is 10.2 Å². The molecule has 3 N–H and O–H groups in total. The standard InChI is InChI=1S/C13H15NO5S/c1-4-5-9(3)14-20(18,19)12-7-10(13(16)17)11(15)6-8(12)2/h1,6-7,9,14-15H,5H2,2-3H3,(H,16,17). The van der Waals surface area contributed by atoms with Crippen LogP contribution in [0.1, 0.15) is 29.3 Å². The van der Waals surface area contributed by atoms with Crippen LogP contribution in [0.4, 0.5) is 0 Å². The van der Waals surface area contributed by atoms with Crippen molar-refractivity contribution >= 4 is 16.0 Å². The van der Waals surface area contributed by atoms with Crippen molar-refractivity contribution in [1.82, 2.24) is 4.72 Å². The highest BCUT2D eigenvalue weighted by Gasteiger charge is 2.23. The zero-order chi connectivity index (χ0) is 15.5. The van der Waals surface area contributed by atoms with E-state index in [0.29, 0.717) is 0 Å². The second-order valence-corrected chi connectivity index (χ2v) is 6.05. The number of aryl methyl sites for hydroxylation is 1. The molecular formula is C13H15NO5S. The van der Waals surface area contributed by atoms with Crippen LogP contribution >= 0.6 is 0 Å². The van der Waals surface area contributed by atoms with Crippen molar-refractivity contribution in [3.8, 4) is 18.1 Å². The molecule has 0 aliphatic rings. The van der Waals surface area contributed by atoms with E-state index in [1.165, 1.54) is 6.92 Å². The quantitative estimate of drug-likeness (QED) is 0.706. The van der Waals surface area contributed by atoms with Crippen molar-refractivity contribution in [2.45, 2.75) is 31.2 Å². The van der Waals surface area contributed by atoms with Gasteiger partial charge >= 0.3 is 5.97 Å². The summed E-state index contributed by atoms with van der Waals surface area (Å²) in [6, 6.07) is 1.55. The average Bonchev–Trinajstić information content (AvgIpc) is 2.27. The molecule has 108 valence electrons. The van der Waals surface area contributed by atoms with E-state index in [9.17, 15) is 18.3 Å². The second kappa shape index (κ2) is 5.94. The first kappa shape index (κ1) is 16.0. The fourth-order valence-electron chi connectivity index (χ4n) is 1.68. The first-order chi connectivity index (χ1) is 9.19. The highest BCUT2D eigenvalue weighted by atomic mass is 32.2. The third-order valence-electron chi connectivity index (χ3n) is 2.59. The van der Waals surface area contributed by atoms with Gasteiger partial charge in [-0.15, -0.1) is 12.3 Å². The van der Waals surface area contributed by atoms with Gasteiger partial charge in [-0.1, -0.05) is 0 Å². The molecule has 0 aliphatic carbocycles. The molecule has 1 aromatic rings.